The highest BCUT2D eigenvalue weighted by Crippen LogP contribution is 2.27. The molecule has 0 radical (unpaired) electrons. The lowest BCUT2D eigenvalue weighted by molar-refractivity contribution is -0.132. The Bertz CT molecular complexity index is 799. The van der Waals surface area contributed by atoms with Crippen LogP contribution in [0.4, 0.5) is 0 Å². The standard InChI is InChI=1S/C23H30N2O4/c1-18-4-7-20(8-5-18)29-15-14-24-10-12-25(13-11-24)23(26)17-19-6-9-21(27-2)22(16-19)28-3/h4-9,16H,10-15,17H2,1-3H3. The minimum Gasteiger partial charge on any atom is -0.493 e. The van der Waals surface area contributed by atoms with E-state index in [1.165, 1.54) is 5.56 Å². The zero-order valence-electron chi connectivity index (χ0n) is 17.5. The number of methoxy groups -OCH3 is 2. The first-order valence-corrected chi connectivity index (χ1v) is 9.99. The summed E-state index contributed by atoms with van der Waals surface area (Å²) >= 11 is 0. The number of piperazine rings is 1. The van der Waals surface area contributed by atoms with Crippen molar-refractivity contribution in [2.75, 3.05) is 53.6 Å². The molecule has 0 aliphatic carbocycles. The molecule has 1 aliphatic rings. The SMILES string of the molecule is COc1ccc(CC(=O)N2CCN(CCOc3ccc(C)cc3)CC2)cc1OC. The predicted molar refractivity (Wildman–Crippen MR) is 113 cm³/mol. The van der Waals surface area contributed by atoms with Crippen molar-refractivity contribution >= 4 is 5.91 Å². The van der Waals surface area contributed by atoms with Crippen LogP contribution in [0.1, 0.15) is 11.1 Å². The topological polar surface area (TPSA) is 51.2 Å². The Kier molecular flexibility index (Phi) is 7.36. The van der Waals surface area contributed by atoms with Crippen molar-refractivity contribution < 1.29 is 19.0 Å². The van der Waals surface area contributed by atoms with Gasteiger partial charge >= 0.3 is 0 Å². The summed E-state index contributed by atoms with van der Waals surface area (Å²) < 4.78 is 16.4. The van der Waals surface area contributed by atoms with Crippen molar-refractivity contribution in [2.24, 2.45) is 0 Å². The van der Waals surface area contributed by atoms with Crippen molar-refractivity contribution in [1.29, 1.82) is 0 Å². The molecule has 0 atom stereocenters. The summed E-state index contributed by atoms with van der Waals surface area (Å²) in [7, 11) is 3.21. The van der Waals surface area contributed by atoms with E-state index in [2.05, 4.69) is 24.0 Å². The van der Waals surface area contributed by atoms with Crippen LogP contribution in [0.15, 0.2) is 42.5 Å². The summed E-state index contributed by atoms with van der Waals surface area (Å²) in [5, 5.41) is 0. The Morgan fingerprint density at radius 3 is 2.28 bits per heavy atom. The van der Waals surface area contributed by atoms with Gasteiger partial charge in [0.1, 0.15) is 12.4 Å². The second-order valence-corrected chi connectivity index (χ2v) is 7.25. The molecule has 1 heterocycles. The molecule has 1 aliphatic heterocycles. The summed E-state index contributed by atoms with van der Waals surface area (Å²) in [6, 6.07) is 13.7. The average molecular weight is 399 g/mol. The Labute approximate surface area is 173 Å². The Morgan fingerprint density at radius 1 is 0.931 bits per heavy atom. The quantitative estimate of drug-likeness (QED) is 0.684. The first-order chi connectivity index (χ1) is 14.1. The number of benzene rings is 2. The Hall–Kier alpha value is -2.73. The van der Waals surface area contributed by atoms with Crippen LogP contribution >= 0.6 is 0 Å². The maximum absolute atomic E-state index is 12.7. The number of aryl methyl sites for hydroxylation is 1. The minimum atomic E-state index is 0.146. The number of ether oxygens (including phenoxy) is 3. The van der Waals surface area contributed by atoms with Crippen LogP contribution < -0.4 is 14.2 Å². The van der Waals surface area contributed by atoms with Gasteiger partial charge < -0.3 is 19.1 Å². The van der Waals surface area contributed by atoms with Gasteiger partial charge in [0.2, 0.25) is 5.91 Å². The van der Waals surface area contributed by atoms with E-state index < -0.39 is 0 Å². The van der Waals surface area contributed by atoms with E-state index in [0.29, 0.717) is 24.5 Å². The monoisotopic (exact) mass is 398 g/mol. The average Bonchev–Trinajstić information content (AvgIpc) is 2.75. The lowest BCUT2D eigenvalue weighted by atomic mass is 10.1. The van der Waals surface area contributed by atoms with E-state index in [-0.39, 0.29) is 5.91 Å². The first-order valence-electron chi connectivity index (χ1n) is 9.99. The van der Waals surface area contributed by atoms with Crippen molar-refractivity contribution in [1.82, 2.24) is 9.80 Å². The molecule has 1 amide bonds. The van der Waals surface area contributed by atoms with Crippen molar-refractivity contribution in [2.45, 2.75) is 13.3 Å². The molecule has 1 saturated heterocycles. The molecule has 2 aromatic rings. The highest BCUT2D eigenvalue weighted by atomic mass is 16.5. The molecule has 3 rings (SSSR count). The highest BCUT2D eigenvalue weighted by Gasteiger charge is 2.21. The zero-order chi connectivity index (χ0) is 20.6. The lowest BCUT2D eigenvalue weighted by Gasteiger charge is -2.34. The maximum Gasteiger partial charge on any atom is 0.227 e. The van der Waals surface area contributed by atoms with Crippen LogP contribution in [0, 0.1) is 6.92 Å². The smallest absolute Gasteiger partial charge is 0.227 e. The molecule has 156 valence electrons. The number of rotatable bonds is 8. The van der Waals surface area contributed by atoms with Crippen LogP contribution in [0.5, 0.6) is 17.2 Å². The molecule has 6 nitrogen and oxygen atoms in total. The van der Waals surface area contributed by atoms with E-state index in [0.717, 1.165) is 44.0 Å². The molecular weight excluding hydrogens is 368 g/mol. The fraction of sp³-hybridized carbons (Fsp3) is 0.435. The van der Waals surface area contributed by atoms with Gasteiger partial charge in [-0.1, -0.05) is 23.8 Å². The normalized spacial score (nSPS) is 14.5. The molecule has 0 saturated carbocycles. The van der Waals surface area contributed by atoms with Crippen LogP contribution in [-0.4, -0.2) is 69.3 Å². The largest absolute Gasteiger partial charge is 0.493 e. The van der Waals surface area contributed by atoms with Crippen molar-refractivity contribution in [3.05, 3.63) is 53.6 Å². The van der Waals surface area contributed by atoms with Gasteiger partial charge in [-0.3, -0.25) is 9.69 Å². The molecule has 29 heavy (non-hydrogen) atoms. The van der Waals surface area contributed by atoms with Crippen LogP contribution in [0.25, 0.3) is 0 Å². The number of nitrogens with zero attached hydrogens (tertiary/aromatic N) is 2. The maximum atomic E-state index is 12.7. The van der Waals surface area contributed by atoms with E-state index in [9.17, 15) is 4.79 Å². The first kappa shape index (κ1) is 21.0. The molecule has 0 aromatic heterocycles. The molecule has 0 spiro atoms. The van der Waals surface area contributed by atoms with Gasteiger partial charge in [-0.15, -0.1) is 0 Å². The van der Waals surface area contributed by atoms with Gasteiger partial charge in [-0.25, -0.2) is 0 Å². The fourth-order valence-corrected chi connectivity index (χ4v) is 3.42. The molecule has 0 bridgehead atoms. The number of hydrogen-bond donors (Lipinski definition) is 0. The summed E-state index contributed by atoms with van der Waals surface area (Å²) in [4.78, 5) is 16.9. The van der Waals surface area contributed by atoms with Gasteiger partial charge in [-0.05, 0) is 36.8 Å². The molecule has 0 N–H and O–H groups in total. The molecule has 6 heteroatoms. The van der Waals surface area contributed by atoms with Crippen LogP contribution in [-0.2, 0) is 11.2 Å². The van der Waals surface area contributed by atoms with E-state index >= 15 is 0 Å². The van der Waals surface area contributed by atoms with Crippen molar-refractivity contribution in [3.8, 4) is 17.2 Å². The van der Waals surface area contributed by atoms with Crippen LogP contribution in [0.3, 0.4) is 0 Å². The lowest BCUT2D eigenvalue weighted by Crippen LogP contribution is -2.49. The van der Waals surface area contributed by atoms with E-state index in [4.69, 9.17) is 14.2 Å². The second kappa shape index (κ2) is 10.2. The number of hydrogen-bond acceptors (Lipinski definition) is 5. The molecule has 1 fully saturated rings. The van der Waals surface area contributed by atoms with Gasteiger partial charge in [0.05, 0.1) is 20.6 Å². The highest BCUT2D eigenvalue weighted by molar-refractivity contribution is 5.79. The molecule has 2 aromatic carbocycles. The third-order valence-corrected chi connectivity index (χ3v) is 5.23. The molecule has 0 unspecified atom stereocenters. The van der Waals surface area contributed by atoms with E-state index in [1.54, 1.807) is 14.2 Å². The minimum absolute atomic E-state index is 0.146. The zero-order valence-corrected chi connectivity index (χ0v) is 17.5. The Balaban J connectivity index is 1.41. The molecular formula is C23H30N2O4. The second-order valence-electron chi connectivity index (χ2n) is 7.25. The summed E-state index contributed by atoms with van der Waals surface area (Å²) in [6.07, 6.45) is 0.372. The van der Waals surface area contributed by atoms with Gasteiger partial charge in [0.25, 0.3) is 0 Å². The van der Waals surface area contributed by atoms with Gasteiger partial charge in [-0.2, -0.15) is 0 Å². The number of amides is 1. The van der Waals surface area contributed by atoms with E-state index in [1.807, 2.05) is 35.2 Å². The predicted octanol–water partition coefficient (Wildman–Crippen LogP) is 2.78. The number of carbonyl (C=O) groups excluding carboxylic acids is 1. The third kappa shape index (κ3) is 5.87. The van der Waals surface area contributed by atoms with Gasteiger partial charge in [0, 0.05) is 32.7 Å². The summed E-state index contributed by atoms with van der Waals surface area (Å²) in [6.45, 7) is 6.82. The number of carbonyl (C=O) groups is 1. The van der Waals surface area contributed by atoms with Crippen LogP contribution in [0.2, 0.25) is 0 Å². The Morgan fingerprint density at radius 2 is 1.62 bits per heavy atom. The fourth-order valence-electron chi connectivity index (χ4n) is 3.42. The van der Waals surface area contributed by atoms with Gasteiger partial charge in [0.15, 0.2) is 11.5 Å². The summed E-state index contributed by atoms with van der Waals surface area (Å²) in [5.74, 6) is 2.37. The third-order valence-electron chi connectivity index (χ3n) is 5.23. The van der Waals surface area contributed by atoms with Crippen molar-refractivity contribution in [3.63, 3.8) is 0 Å². The summed E-state index contributed by atoms with van der Waals surface area (Å²) in [5.41, 5.74) is 2.16.